The smallest absolute Gasteiger partial charge is 0.303 e. The van der Waals surface area contributed by atoms with Crippen LogP contribution in [0.2, 0.25) is 0 Å². The number of H-pyrrole nitrogens is 1. The van der Waals surface area contributed by atoms with Crippen LogP contribution in [0.25, 0.3) is 0 Å². The number of nitrogens with zero attached hydrogens (tertiary/aromatic N) is 1. The van der Waals surface area contributed by atoms with Gasteiger partial charge in [-0.3, -0.25) is 4.79 Å². The Bertz CT molecular complexity index is 262. The number of aromatic amines is 1. The van der Waals surface area contributed by atoms with E-state index in [1.54, 1.807) is 6.20 Å². The van der Waals surface area contributed by atoms with Gasteiger partial charge in [0.25, 0.3) is 0 Å². The largest absolute Gasteiger partial charge is 0.481 e. The van der Waals surface area contributed by atoms with Crippen LogP contribution in [0.3, 0.4) is 0 Å². The van der Waals surface area contributed by atoms with Gasteiger partial charge in [-0.15, -0.1) is 12.4 Å². The summed E-state index contributed by atoms with van der Waals surface area (Å²) in [7, 11) is 0. The molecular formula is C10H17ClN2O2. The Morgan fingerprint density at radius 2 is 2.07 bits per heavy atom. The summed E-state index contributed by atoms with van der Waals surface area (Å²) in [6, 6.07) is 0. The van der Waals surface area contributed by atoms with Gasteiger partial charge >= 0.3 is 5.97 Å². The van der Waals surface area contributed by atoms with Gasteiger partial charge in [0, 0.05) is 25.2 Å². The molecule has 0 unspecified atom stereocenters. The molecular weight excluding hydrogens is 216 g/mol. The fourth-order valence-corrected chi connectivity index (χ4v) is 1.36. The lowest BCUT2D eigenvalue weighted by Gasteiger charge is -1.97. The number of carboxylic acid groups (broad SMARTS) is 1. The summed E-state index contributed by atoms with van der Waals surface area (Å²) >= 11 is 0. The number of unbranched alkanes of at least 4 members (excludes halogenated alkanes) is 3. The number of aryl methyl sites for hydroxylation is 1. The Labute approximate surface area is 95.5 Å². The van der Waals surface area contributed by atoms with Crippen LogP contribution in [-0.4, -0.2) is 21.0 Å². The average molecular weight is 233 g/mol. The van der Waals surface area contributed by atoms with Crippen molar-refractivity contribution in [1.82, 2.24) is 9.97 Å². The van der Waals surface area contributed by atoms with Gasteiger partial charge in [0.15, 0.2) is 0 Å². The second-order valence-electron chi connectivity index (χ2n) is 3.34. The van der Waals surface area contributed by atoms with Gasteiger partial charge in [0.05, 0.1) is 0 Å². The third kappa shape index (κ3) is 6.96. The number of imidazole rings is 1. The van der Waals surface area contributed by atoms with Gasteiger partial charge in [-0.2, -0.15) is 0 Å². The van der Waals surface area contributed by atoms with Crippen LogP contribution in [0.5, 0.6) is 0 Å². The Morgan fingerprint density at radius 3 is 2.67 bits per heavy atom. The average Bonchev–Trinajstić information content (AvgIpc) is 2.63. The Morgan fingerprint density at radius 1 is 1.33 bits per heavy atom. The summed E-state index contributed by atoms with van der Waals surface area (Å²) in [5, 5.41) is 8.41. The van der Waals surface area contributed by atoms with Crippen molar-refractivity contribution in [3.63, 3.8) is 0 Å². The lowest BCUT2D eigenvalue weighted by Crippen LogP contribution is -1.94. The van der Waals surface area contributed by atoms with Crippen LogP contribution >= 0.6 is 12.4 Å². The van der Waals surface area contributed by atoms with E-state index in [1.165, 1.54) is 0 Å². The number of carboxylic acids is 1. The first-order valence-corrected chi connectivity index (χ1v) is 4.99. The van der Waals surface area contributed by atoms with E-state index >= 15 is 0 Å². The quantitative estimate of drug-likeness (QED) is 0.710. The maximum absolute atomic E-state index is 10.2. The molecule has 2 N–H and O–H groups in total. The molecule has 86 valence electrons. The molecule has 0 saturated heterocycles. The molecule has 0 amide bonds. The van der Waals surface area contributed by atoms with Crippen molar-refractivity contribution in [3.05, 3.63) is 18.2 Å². The molecule has 0 radical (unpaired) electrons. The second kappa shape index (κ2) is 8.29. The highest BCUT2D eigenvalue weighted by Crippen LogP contribution is 2.05. The van der Waals surface area contributed by atoms with Crippen LogP contribution in [-0.2, 0) is 11.2 Å². The fraction of sp³-hybridized carbons (Fsp3) is 0.600. The maximum Gasteiger partial charge on any atom is 0.303 e. The minimum Gasteiger partial charge on any atom is -0.481 e. The summed E-state index contributed by atoms with van der Waals surface area (Å²) in [6.45, 7) is 0. The van der Waals surface area contributed by atoms with E-state index in [4.69, 9.17) is 5.11 Å². The standard InChI is InChI=1S/C10H16N2O2.ClH/c13-10(14)6-4-2-1-3-5-9-11-7-8-12-9;/h7-8H,1-6H2,(H,11,12)(H,13,14);1H. The molecule has 0 aliphatic rings. The molecule has 0 aliphatic carbocycles. The molecule has 1 aromatic rings. The first-order chi connectivity index (χ1) is 6.79. The van der Waals surface area contributed by atoms with Gasteiger partial charge in [0.2, 0.25) is 0 Å². The third-order valence-corrected chi connectivity index (χ3v) is 2.11. The number of rotatable bonds is 7. The van der Waals surface area contributed by atoms with Gasteiger partial charge in [0.1, 0.15) is 5.82 Å². The lowest BCUT2D eigenvalue weighted by atomic mass is 10.1. The number of carbonyl (C=O) groups is 1. The minimum atomic E-state index is -0.698. The monoisotopic (exact) mass is 232 g/mol. The van der Waals surface area contributed by atoms with Crippen molar-refractivity contribution < 1.29 is 9.90 Å². The molecule has 1 aromatic heterocycles. The molecule has 1 heterocycles. The molecule has 0 spiro atoms. The topological polar surface area (TPSA) is 66.0 Å². The van der Waals surface area contributed by atoms with E-state index < -0.39 is 5.97 Å². The molecule has 0 bridgehead atoms. The predicted molar refractivity (Wildman–Crippen MR) is 60.3 cm³/mol. The summed E-state index contributed by atoms with van der Waals surface area (Å²) in [5.74, 6) is 0.319. The summed E-state index contributed by atoms with van der Waals surface area (Å²) < 4.78 is 0. The molecule has 0 fully saturated rings. The predicted octanol–water partition coefficient (Wildman–Crippen LogP) is 2.41. The fourth-order valence-electron chi connectivity index (χ4n) is 1.36. The highest BCUT2D eigenvalue weighted by Gasteiger charge is 1.97. The van der Waals surface area contributed by atoms with Crippen LogP contribution in [0.4, 0.5) is 0 Å². The first kappa shape index (κ1) is 14.0. The SMILES string of the molecule is Cl.O=C(O)CCCCCCc1ncc[nH]1. The number of hydrogen-bond acceptors (Lipinski definition) is 2. The highest BCUT2D eigenvalue weighted by molar-refractivity contribution is 5.85. The molecule has 1 rings (SSSR count). The zero-order valence-corrected chi connectivity index (χ0v) is 9.42. The molecule has 0 saturated carbocycles. The number of aromatic nitrogens is 2. The Kier molecular flexibility index (Phi) is 7.72. The second-order valence-corrected chi connectivity index (χ2v) is 3.34. The molecule has 0 aromatic carbocycles. The molecule has 4 nitrogen and oxygen atoms in total. The Hall–Kier alpha value is -1.03. The summed E-state index contributed by atoms with van der Waals surface area (Å²) in [4.78, 5) is 17.4. The highest BCUT2D eigenvalue weighted by atomic mass is 35.5. The normalized spacial score (nSPS) is 9.60. The van der Waals surface area contributed by atoms with Crippen LogP contribution in [0.15, 0.2) is 12.4 Å². The summed E-state index contributed by atoms with van der Waals surface area (Å²) in [5.41, 5.74) is 0. The van der Waals surface area contributed by atoms with Crippen molar-refractivity contribution in [2.75, 3.05) is 0 Å². The summed E-state index contributed by atoms with van der Waals surface area (Å²) in [6.07, 6.45) is 8.75. The molecule has 5 heteroatoms. The van der Waals surface area contributed by atoms with Crippen molar-refractivity contribution in [3.8, 4) is 0 Å². The first-order valence-electron chi connectivity index (χ1n) is 4.99. The van der Waals surface area contributed by atoms with E-state index in [-0.39, 0.29) is 12.4 Å². The minimum absolute atomic E-state index is 0. The van der Waals surface area contributed by atoms with Crippen molar-refractivity contribution in [2.45, 2.75) is 38.5 Å². The third-order valence-electron chi connectivity index (χ3n) is 2.11. The van der Waals surface area contributed by atoms with Gasteiger partial charge in [-0.1, -0.05) is 12.8 Å². The van der Waals surface area contributed by atoms with Gasteiger partial charge in [-0.25, -0.2) is 4.98 Å². The number of aliphatic carboxylic acids is 1. The van der Waals surface area contributed by atoms with E-state index in [1.807, 2.05) is 6.20 Å². The van der Waals surface area contributed by atoms with Crippen LogP contribution in [0, 0.1) is 0 Å². The number of nitrogens with one attached hydrogen (secondary N) is 1. The van der Waals surface area contributed by atoms with Gasteiger partial charge in [-0.05, 0) is 12.8 Å². The van der Waals surface area contributed by atoms with Crippen molar-refractivity contribution in [1.29, 1.82) is 0 Å². The molecule has 15 heavy (non-hydrogen) atoms. The van der Waals surface area contributed by atoms with Crippen LogP contribution < -0.4 is 0 Å². The number of hydrogen-bond donors (Lipinski definition) is 2. The van der Waals surface area contributed by atoms with Crippen molar-refractivity contribution in [2.24, 2.45) is 0 Å². The van der Waals surface area contributed by atoms with E-state index in [9.17, 15) is 4.79 Å². The zero-order valence-electron chi connectivity index (χ0n) is 8.61. The Balaban J connectivity index is 0.00000196. The molecule has 0 aliphatic heterocycles. The number of halogens is 1. The van der Waals surface area contributed by atoms with Gasteiger partial charge < -0.3 is 10.1 Å². The van der Waals surface area contributed by atoms with E-state index in [0.717, 1.165) is 37.9 Å². The zero-order chi connectivity index (χ0) is 10.2. The maximum atomic E-state index is 10.2. The van der Waals surface area contributed by atoms with E-state index in [0.29, 0.717) is 6.42 Å². The van der Waals surface area contributed by atoms with Crippen molar-refractivity contribution >= 4 is 18.4 Å². The van der Waals surface area contributed by atoms with E-state index in [2.05, 4.69) is 9.97 Å². The lowest BCUT2D eigenvalue weighted by molar-refractivity contribution is -0.137. The van der Waals surface area contributed by atoms with Crippen LogP contribution in [0.1, 0.15) is 37.9 Å². The molecule has 0 atom stereocenters.